The Labute approximate surface area is 103 Å². The molecule has 2 unspecified atom stereocenters. The third kappa shape index (κ3) is 3.54. The van der Waals surface area contributed by atoms with Crippen LogP contribution < -0.4 is 0 Å². The van der Waals surface area contributed by atoms with Gasteiger partial charge in [0.2, 0.25) is 0 Å². The molecule has 0 aliphatic carbocycles. The summed E-state index contributed by atoms with van der Waals surface area (Å²) in [4.78, 5) is 0. The van der Waals surface area contributed by atoms with Gasteiger partial charge in [0.05, 0.1) is 18.4 Å². The van der Waals surface area contributed by atoms with Gasteiger partial charge < -0.3 is 9.84 Å². The van der Waals surface area contributed by atoms with Crippen LogP contribution in [0.15, 0.2) is 12.4 Å². The normalized spacial score (nSPS) is 21.9. The summed E-state index contributed by atoms with van der Waals surface area (Å²) in [6.45, 7) is 3.92. The van der Waals surface area contributed by atoms with E-state index in [1.165, 1.54) is 0 Å². The molecule has 1 aliphatic rings. The number of aliphatic hydroxyl groups is 1. The maximum Gasteiger partial charge on any atom is 0.0821 e. The van der Waals surface area contributed by atoms with Crippen LogP contribution in [0.5, 0.6) is 0 Å². The fourth-order valence-corrected chi connectivity index (χ4v) is 2.29. The molecule has 0 aromatic carbocycles. The van der Waals surface area contributed by atoms with Crippen molar-refractivity contribution in [3.05, 3.63) is 18.0 Å². The Morgan fingerprint density at radius 1 is 1.65 bits per heavy atom. The van der Waals surface area contributed by atoms with E-state index >= 15 is 0 Å². The monoisotopic (exact) mass is 238 g/mol. The van der Waals surface area contributed by atoms with Crippen molar-refractivity contribution in [1.29, 1.82) is 0 Å². The molecule has 1 N–H and O–H groups in total. The molecular weight excluding hydrogens is 216 g/mol. The van der Waals surface area contributed by atoms with Crippen LogP contribution in [0.25, 0.3) is 0 Å². The Balaban J connectivity index is 1.79. The highest BCUT2D eigenvalue weighted by molar-refractivity contribution is 5.07. The van der Waals surface area contributed by atoms with E-state index in [9.17, 15) is 5.11 Å². The van der Waals surface area contributed by atoms with E-state index in [1.54, 1.807) is 6.20 Å². The van der Waals surface area contributed by atoms with Gasteiger partial charge in [0.25, 0.3) is 0 Å². The summed E-state index contributed by atoms with van der Waals surface area (Å²) in [6, 6.07) is 0. The van der Waals surface area contributed by atoms with Crippen molar-refractivity contribution in [1.82, 2.24) is 9.78 Å². The van der Waals surface area contributed by atoms with Crippen LogP contribution in [0, 0.1) is 0 Å². The van der Waals surface area contributed by atoms with E-state index in [4.69, 9.17) is 4.74 Å². The van der Waals surface area contributed by atoms with Gasteiger partial charge >= 0.3 is 0 Å². The van der Waals surface area contributed by atoms with Crippen molar-refractivity contribution in [3.63, 3.8) is 0 Å². The topological polar surface area (TPSA) is 47.3 Å². The van der Waals surface area contributed by atoms with Crippen molar-refractivity contribution in [2.45, 2.75) is 57.8 Å². The van der Waals surface area contributed by atoms with Crippen LogP contribution in [0.1, 0.15) is 50.7 Å². The highest BCUT2D eigenvalue weighted by Gasteiger charge is 2.18. The third-order valence-electron chi connectivity index (χ3n) is 3.28. The van der Waals surface area contributed by atoms with Gasteiger partial charge in [0.1, 0.15) is 0 Å². The smallest absolute Gasteiger partial charge is 0.0821 e. The highest BCUT2D eigenvalue weighted by atomic mass is 16.5. The number of rotatable bonds is 6. The largest absolute Gasteiger partial charge is 0.388 e. The number of aliphatic hydroxyl groups excluding tert-OH is 1. The third-order valence-corrected chi connectivity index (χ3v) is 3.28. The number of nitrogens with zero attached hydrogens (tertiary/aromatic N) is 2. The van der Waals surface area contributed by atoms with E-state index in [2.05, 4.69) is 12.0 Å². The molecular formula is C13H22N2O2. The molecule has 17 heavy (non-hydrogen) atoms. The number of hydrogen-bond acceptors (Lipinski definition) is 3. The lowest BCUT2D eigenvalue weighted by Gasteiger charge is -2.12. The molecule has 1 aliphatic heterocycles. The van der Waals surface area contributed by atoms with Crippen LogP contribution in [0.2, 0.25) is 0 Å². The number of aryl methyl sites for hydroxylation is 1. The standard InChI is InChI=1S/C13H22N2O2/c1-2-7-15-10-11(9-14-15)13(16)6-5-12-4-3-8-17-12/h9-10,12-13,16H,2-8H2,1H3. The lowest BCUT2D eigenvalue weighted by molar-refractivity contribution is 0.0812. The molecule has 4 nitrogen and oxygen atoms in total. The molecule has 4 heteroatoms. The Kier molecular flexibility index (Phi) is 4.57. The average Bonchev–Trinajstić information content (AvgIpc) is 2.97. The molecule has 1 saturated heterocycles. The van der Waals surface area contributed by atoms with Gasteiger partial charge in [-0.15, -0.1) is 0 Å². The summed E-state index contributed by atoms with van der Waals surface area (Å²) in [5, 5.41) is 14.3. The van der Waals surface area contributed by atoms with Crippen molar-refractivity contribution in [2.75, 3.05) is 6.61 Å². The fraction of sp³-hybridized carbons (Fsp3) is 0.769. The van der Waals surface area contributed by atoms with Crippen LogP contribution in [0.4, 0.5) is 0 Å². The first-order valence-electron chi connectivity index (χ1n) is 6.61. The van der Waals surface area contributed by atoms with Gasteiger partial charge in [-0.2, -0.15) is 5.10 Å². The second-order valence-corrected chi connectivity index (χ2v) is 4.76. The first-order chi connectivity index (χ1) is 8.29. The molecule has 0 saturated carbocycles. The molecule has 0 spiro atoms. The Bertz CT molecular complexity index is 332. The summed E-state index contributed by atoms with van der Waals surface area (Å²) in [5.41, 5.74) is 0.927. The summed E-state index contributed by atoms with van der Waals surface area (Å²) in [6.07, 6.45) is 8.76. The molecule has 2 heterocycles. The van der Waals surface area contributed by atoms with E-state index < -0.39 is 6.10 Å². The SMILES string of the molecule is CCCn1cc(C(O)CCC2CCCO2)cn1. The van der Waals surface area contributed by atoms with Gasteiger partial charge in [-0.25, -0.2) is 0 Å². The first-order valence-corrected chi connectivity index (χ1v) is 6.61. The fourth-order valence-electron chi connectivity index (χ4n) is 2.29. The Hall–Kier alpha value is -0.870. The van der Waals surface area contributed by atoms with E-state index in [-0.39, 0.29) is 0 Å². The van der Waals surface area contributed by atoms with E-state index in [0.717, 1.165) is 50.8 Å². The minimum Gasteiger partial charge on any atom is -0.388 e. The van der Waals surface area contributed by atoms with Gasteiger partial charge in [0.15, 0.2) is 0 Å². The van der Waals surface area contributed by atoms with Crippen LogP contribution in [-0.2, 0) is 11.3 Å². The highest BCUT2D eigenvalue weighted by Crippen LogP contribution is 2.23. The lowest BCUT2D eigenvalue weighted by atomic mass is 10.0. The van der Waals surface area contributed by atoms with Crippen LogP contribution in [-0.4, -0.2) is 27.6 Å². The zero-order chi connectivity index (χ0) is 12.1. The summed E-state index contributed by atoms with van der Waals surface area (Å²) < 4.78 is 7.44. The van der Waals surface area contributed by atoms with E-state index in [1.807, 2.05) is 10.9 Å². The zero-order valence-electron chi connectivity index (χ0n) is 10.5. The molecule has 0 radical (unpaired) electrons. The minimum atomic E-state index is -0.398. The lowest BCUT2D eigenvalue weighted by Crippen LogP contribution is -2.07. The molecule has 1 aromatic heterocycles. The predicted molar refractivity (Wildman–Crippen MR) is 65.7 cm³/mol. The minimum absolute atomic E-state index is 0.357. The van der Waals surface area contributed by atoms with Crippen molar-refractivity contribution in [3.8, 4) is 0 Å². The number of hydrogen-bond donors (Lipinski definition) is 1. The molecule has 1 aromatic rings. The maximum absolute atomic E-state index is 10.1. The van der Waals surface area contributed by atoms with Crippen LogP contribution >= 0.6 is 0 Å². The van der Waals surface area contributed by atoms with Crippen LogP contribution in [0.3, 0.4) is 0 Å². The summed E-state index contributed by atoms with van der Waals surface area (Å²) in [7, 11) is 0. The Morgan fingerprint density at radius 2 is 2.53 bits per heavy atom. The predicted octanol–water partition coefficient (Wildman–Crippen LogP) is 2.29. The van der Waals surface area contributed by atoms with Gasteiger partial charge in [-0.1, -0.05) is 6.92 Å². The molecule has 96 valence electrons. The van der Waals surface area contributed by atoms with Crippen molar-refractivity contribution in [2.24, 2.45) is 0 Å². The Morgan fingerprint density at radius 3 is 3.24 bits per heavy atom. The van der Waals surface area contributed by atoms with Gasteiger partial charge in [-0.3, -0.25) is 4.68 Å². The number of ether oxygens (including phenoxy) is 1. The maximum atomic E-state index is 10.1. The molecule has 2 atom stereocenters. The molecule has 1 fully saturated rings. The quantitative estimate of drug-likeness (QED) is 0.827. The van der Waals surface area contributed by atoms with Gasteiger partial charge in [-0.05, 0) is 32.1 Å². The van der Waals surface area contributed by atoms with Crippen molar-refractivity contribution < 1.29 is 9.84 Å². The zero-order valence-corrected chi connectivity index (χ0v) is 10.5. The average molecular weight is 238 g/mol. The molecule has 2 rings (SSSR count). The van der Waals surface area contributed by atoms with E-state index in [0.29, 0.717) is 6.10 Å². The second kappa shape index (κ2) is 6.17. The van der Waals surface area contributed by atoms with Gasteiger partial charge in [0, 0.05) is 24.9 Å². The second-order valence-electron chi connectivity index (χ2n) is 4.76. The first kappa shape index (κ1) is 12.6. The summed E-state index contributed by atoms with van der Waals surface area (Å²) >= 11 is 0. The molecule has 0 bridgehead atoms. The number of aromatic nitrogens is 2. The molecule has 0 amide bonds. The summed E-state index contributed by atoms with van der Waals surface area (Å²) in [5.74, 6) is 0. The van der Waals surface area contributed by atoms with Crippen molar-refractivity contribution >= 4 is 0 Å².